The molecule has 5 atom stereocenters. The van der Waals surface area contributed by atoms with E-state index >= 15 is 0 Å². The third-order valence-corrected chi connectivity index (χ3v) is 7.36. The lowest BCUT2D eigenvalue weighted by atomic mass is 10.1. The van der Waals surface area contributed by atoms with Crippen LogP contribution in [0, 0.1) is 20.2 Å². The summed E-state index contributed by atoms with van der Waals surface area (Å²) in [6, 6.07) is 12.0. The van der Waals surface area contributed by atoms with Crippen LogP contribution in [0.4, 0.5) is 22.0 Å². The van der Waals surface area contributed by atoms with E-state index in [1.807, 2.05) is 0 Å². The average molecular weight is 654 g/mol. The third-order valence-electron chi connectivity index (χ3n) is 7.36. The van der Waals surface area contributed by atoms with E-state index in [9.17, 15) is 35.2 Å². The number of fused-ring (bicyclic) bond motifs is 1. The summed E-state index contributed by atoms with van der Waals surface area (Å²) in [4.78, 5) is 45.9. The van der Waals surface area contributed by atoms with Crippen molar-refractivity contribution in [3.8, 4) is 0 Å². The van der Waals surface area contributed by atoms with Crippen molar-refractivity contribution in [2.75, 3.05) is 25.1 Å². The zero-order valence-corrected chi connectivity index (χ0v) is 24.9. The van der Waals surface area contributed by atoms with E-state index in [4.69, 9.17) is 18.9 Å². The first-order valence-electron chi connectivity index (χ1n) is 14.4. The van der Waals surface area contributed by atoms with Gasteiger partial charge in [0.25, 0.3) is 11.4 Å². The molecule has 5 rings (SSSR count). The summed E-state index contributed by atoms with van der Waals surface area (Å²) in [6.45, 7) is 1.36. The maximum Gasteiger partial charge on any atom is 0.412 e. The lowest BCUT2D eigenvalue weighted by Crippen LogP contribution is -2.38. The number of imidazole rings is 1. The Bertz CT molecular complexity index is 1700. The maximum atomic E-state index is 12.5. The molecule has 3 heterocycles. The van der Waals surface area contributed by atoms with Gasteiger partial charge in [0.15, 0.2) is 29.5 Å². The minimum atomic E-state index is -1.24. The molecule has 1 unspecified atom stereocenters. The Hall–Kier alpha value is -5.14. The van der Waals surface area contributed by atoms with Crippen LogP contribution in [0.1, 0.15) is 24.3 Å². The monoisotopic (exact) mass is 653 g/mol. The van der Waals surface area contributed by atoms with Crippen molar-refractivity contribution < 1.29 is 43.8 Å². The normalized spacial score (nSPS) is 19.8. The van der Waals surface area contributed by atoms with Gasteiger partial charge in [-0.05, 0) is 24.5 Å². The molecule has 0 aliphatic carbocycles. The Morgan fingerprint density at radius 1 is 1.00 bits per heavy atom. The van der Waals surface area contributed by atoms with Gasteiger partial charge in [0.05, 0.1) is 36.0 Å². The number of rotatable bonds is 14. The zero-order valence-electron chi connectivity index (χ0n) is 24.9. The van der Waals surface area contributed by atoms with Crippen LogP contribution < -0.4 is 5.32 Å². The lowest BCUT2D eigenvalue weighted by molar-refractivity contribution is -0.385. The summed E-state index contributed by atoms with van der Waals surface area (Å²) in [5.41, 5.74) is 1.94. The predicted octanol–water partition coefficient (Wildman–Crippen LogP) is 2.68. The average Bonchev–Trinajstić information content (AvgIpc) is 3.62. The SMILES string of the molecule is CC(OCCc1ccc([N+](=O)[O-])cc1)O[C@@H]1[C@H](O)[C@@H](CO)O[C@H]1n1cnc2c(NC(=O)OCCc3ccc([N+](=O)[O-])cc3)ncnc21. The van der Waals surface area contributed by atoms with Crippen LogP contribution in [0.25, 0.3) is 11.2 Å². The van der Waals surface area contributed by atoms with Crippen LogP contribution in [0.3, 0.4) is 0 Å². The number of anilines is 1. The van der Waals surface area contributed by atoms with E-state index in [0.29, 0.717) is 12.8 Å². The van der Waals surface area contributed by atoms with Gasteiger partial charge in [0.2, 0.25) is 0 Å². The molecule has 0 spiro atoms. The molecule has 1 aliphatic rings. The Balaban J connectivity index is 1.20. The molecule has 1 aliphatic heterocycles. The highest BCUT2D eigenvalue weighted by Gasteiger charge is 2.46. The first-order chi connectivity index (χ1) is 22.6. The number of amides is 1. The number of nitro groups is 2. The van der Waals surface area contributed by atoms with Gasteiger partial charge in [-0.1, -0.05) is 24.3 Å². The molecule has 3 N–H and O–H groups in total. The molecule has 18 nitrogen and oxygen atoms in total. The first-order valence-corrected chi connectivity index (χ1v) is 14.4. The number of aliphatic hydroxyl groups is 2. The van der Waals surface area contributed by atoms with Crippen molar-refractivity contribution in [2.24, 2.45) is 0 Å². The van der Waals surface area contributed by atoms with Crippen molar-refractivity contribution in [3.05, 3.63) is 92.5 Å². The van der Waals surface area contributed by atoms with E-state index < -0.39 is 53.4 Å². The van der Waals surface area contributed by atoms with Gasteiger partial charge in [-0.3, -0.25) is 30.1 Å². The number of nitro benzene ring substituents is 2. The molecule has 0 saturated carbocycles. The number of nitrogens with zero attached hydrogens (tertiary/aromatic N) is 6. The second-order valence-electron chi connectivity index (χ2n) is 10.4. The van der Waals surface area contributed by atoms with Crippen LogP contribution in [-0.2, 0) is 31.8 Å². The molecule has 248 valence electrons. The van der Waals surface area contributed by atoms with Gasteiger partial charge >= 0.3 is 6.09 Å². The molecule has 2 aromatic carbocycles. The number of aliphatic hydroxyl groups excluding tert-OH is 2. The highest BCUT2D eigenvalue weighted by molar-refractivity contribution is 5.93. The first kappa shape index (κ1) is 33.2. The minimum absolute atomic E-state index is 0.00415. The molecule has 1 fully saturated rings. The second kappa shape index (κ2) is 15.0. The number of carbonyl (C=O) groups is 1. The molecule has 1 amide bonds. The summed E-state index contributed by atoms with van der Waals surface area (Å²) in [6.07, 6.45) is -2.52. The highest BCUT2D eigenvalue weighted by atomic mass is 16.7. The van der Waals surface area contributed by atoms with Crippen LogP contribution >= 0.6 is 0 Å². The molecule has 18 heteroatoms. The molecule has 1 saturated heterocycles. The zero-order chi connectivity index (χ0) is 33.5. The van der Waals surface area contributed by atoms with Crippen molar-refractivity contribution in [3.63, 3.8) is 0 Å². The summed E-state index contributed by atoms with van der Waals surface area (Å²) in [5.74, 6) is 0.0479. The summed E-state index contributed by atoms with van der Waals surface area (Å²) >= 11 is 0. The van der Waals surface area contributed by atoms with Gasteiger partial charge in [0.1, 0.15) is 24.6 Å². The van der Waals surface area contributed by atoms with Gasteiger partial charge in [-0.25, -0.2) is 19.7 Å². The van der Waals surface area contributed by atoms with Gasteiger partial charge < -0.3 is 29.2 Å². The standard InChI is InChI=1S/C29H31N7O11/c1-17(44-12-10-18-2-6-20(7-3-18)35(40)41)46-25-24(38)22(14-37)47-28(25)34-16-32-23-26(30-15-31-27(23)34)33-29(39)45-13-11-19-4-8-21(9-5-19)36(42)43/h2-9,15-17,22,24-25,28,37-38H,10-14H2,1H3,(H,30,31,33,39)/t17?,22-,24-,25-,28-/m1/s1. The molecule has 0 radical (unpaired) electrons. The van der Waals surface area contributed by atoms with Gasteiger partial charge in [0, 0.05) is 30.7 Å². The third kappa shape index (κ3) is 7.99. The molecular weight excluding hydrogens is 622 g/mol. The Labute approximate surface area is 266 Å². The van der Waals surface area contributed by atoms with Crippen LogP contribution in [0.2, 0.25) is 0 Å². The fourth-order valence-corrected chi connectivity index (χ4v) is 4.94. The van der Waals surface area contributed by atoms with Crippen LogP contribution in [0.15, 0.2) is 61.2 Å². The summed E-state index contributed by atoms with van der Waals surface area (Å²) < 4.78 is 24.4. The molecule has 2 aromatic heterocycles. The van der Waals surface area contributed by atoms with E-state index in [0.717, 1.165) is 11.1 Å². The number of nitrogens with one attached hydrogen (secondary N) is 1. The fourth-order valence-electron chi connectivity index (χ4n) is 4.94. The van der Waals surface area contributed by atoms with E-state index in [1.165, 1.54) is 41.5 Å². The molecule has 47 heavy (non-hydrogen) atoms. The van der Waals surface area contributed by atoms with Crippen molar-refractivity contribution in [1.82, 2.24) is 19.5 Å². The quantitative estimate of drug-likeness (QED) is 0.101. The van der Waals surface area contributed by atoms with Crippen molar-refractivity contribution >= 4 is 34.4 Å². The molecule has 0 bridgehead atoms. The van der Waals surface area contributed by atoms with Crippen LogP contribution in [0.5, 0.6) is 0 Å². The number of carbonyl (C=O) groups excluding carboxylic acids is 1. The Morgan fingerprint density at radius 3 is 2.21 bits per heavy atom. The largest absolute Gasteiger partial charge is 0.449 e. The van der Waals surface area contributed by atoms with Crippen molar-refractivity contribution in [1.29, 1.82) is 0 Å². The number of hydrogen-bond acceptors (Lipinski definition) is 14. The number of aromatic nitrogens is 4. The number of hydrogen-bond donors (Lipinski definition) is 3. The highest BCUT2D eigenvalue weighted by Crippen LogP contribution is 2.35. The number of non-ortho nitro benzene ring substituents is 2. The minimum Gasteiger partial charge on any atom is -0.449 e. The second-order valence-corrected chi connectivity index (χ2v) is 10.4. The Kier molecular flexibility index (Phi) is 10.6. The smallest absolute Gasteiger partial charge is 0.412 e. The summed E-state index contributed by atoms with van der Waals surface area (Å²) in [7, 11) is 0. The predicted molar refractivity (Wildman–Crippen MR) is 161 cm³/mol. The van der Waals surface area contributed by atoms with E-state index in [2.05, 4.69) is 20.3 Å². The Morgan fingerprint density at radius 2 is 1.62 bits per heavy atom. The summed E-state index contributed by atoms with van der Waals surface area (Å²) in [5, 5.41) is 44.9. The lowest BCUT2D eigenvalue weighted by Gasteiger charge is -2.25. The number of ether oxygens (including phenoxy) is 4. The van der Waals surface area contributed by atoms with Crippen molar-refractivity contribution in [2.45, 2.75) is 50.6 Å². The maximum absolute atomic E-state index is 12.5. The van der Waals surface area contributed by atoms with E-state index in [-0.39, 0.29) is 41.6 Å². The topological polar surface area (TPSA) is 236 Å². The van der Waals surface area contributed by atoms with Crippen LogP contribution in [-0.4, -0.2) is 90.1 Å². The van der Waals surface area contributed by atoms with E-state index in [1.54, 1.807) is 31.2 Å². The number of benzene rings is 2. The fraction of sp³-hybridized carbons (Fsp3) is 0.379. The molecular formula is C29H31N7O11. The molecule has 4 aromatic rings. The van der Waals surface area contributed by atoms with Gasteiger partial charge in [-0.15, -0.1) is 0 Å². The van der Waals surface area contributed by atoms with Gasteiger partial charge in [-0.2, -0.15) is 0 Å².